The maximum Gasteiger partial charge on any atom is 0.410 e. The summed E-state index contributed by atoms with van der Waals surface area (Å²) < 4.78 is 36.2. The molecule has 0 spiro atoms. The number of para-hydroxylation sites is 1. The second kappa shape index (κ2) is 9.10. The summed E-state index contributed by atoms with van der Waals surface area (Å²) >= 11 is 0. The van der Waals surface area contributed by atoms with Gasteiger partial charge in [0.25, 0.3) is 0 Å². The molecule has 0 N–H and O–H groups in total. The smallest absolute Gasteiger partial charge is 0.410 e. The summed E-state index contributed by atoms with van der Waals surface area (Å²) in [5.41, 5.74) is -0.587. The van der Waals surface area contributed by atoms with Gasteiger partial charge in [-0.25, -0.2) is 13.2 Å². The van der Waals surface area contributed by atoms with Crippen LogP contribution in [-0.2, 0) is 14.6 Å². The van der Waals surface area contributed by atoms with Gasteiger partial charge >= 0.3 is 6.09 Å². The van der Waals surface area contributed by atoms with Crippen molar-refractivity contribution in [1.82, 2.24) is 4.90 Å². The van der Waals surface area contributed by atoms with Crippen LogP contribution < -0.4 is 4.74 Å². The lowest BCUT2D eigenvalue weighted by molar-refractivity contribution is 0.0299. The Morgan fingerprint density at radius 1 is 1.00 bits per heavy atom. The molecular formula is C21H27NO5S. The number of hydrogen-bond acceptors (Lipinski definition) is 5. The monoisotopic (exact) mass is 405 g/mol. The number of amides is 1. The minimum atomic E-state index is -3.49. The van der Waals surface area contributed by atoms with Gasteiger partial charge in [0, 0.05) is 13.6 Å². The summed E-state index contributed by atoms with van der Waals surface area (Å²) in [7, 11) is -1.90. The van der Waals surface area contributed by atoms with E-state index in [2.05, 4.69) is 0 Å². The van der Waals surface area contributed by atoms with Crippen molar-refractivity contribution in [3.05, 3.63) is 54.6 Å². The van der Waals surface area contributed by atoms with Gasteiger partial charge in [0.1, 0.15) is 17.1 Å². The maximum absolute atomic E-state index is 12.6. The molecule has 0 unspecified atom stereocenters. The molecule has 0 aliphatic heterocycles. The fourth-order valence-corrected chi connectivity index (χ4v) is 3.72. The predicted molar refractivity (Wildman–Crippen MR) is 108 cm³/mol. The van der Waals surface area contributed by atoms with Gasteiger partial charge in [0.15, 0.2) is 9.84 Å². The lowest BCUT2D eigenvalue weighted by Gasteiger charge is -2.24. The van der Waals surface area contributed by atoms with E-state index in [1.54, 1.807) is 58.2 Å². The van der Waals surface area contributed by atoms with E-state index in [4.69, 9.17) is 9.47 Å². The molecule has 6 nitrogen and oxygen atoms in total. The average molecular weight is 406 g/mol. The third kappa shape index (κ3) is 6.88. The number of carbonyl (C=O) groups excluding carboxylic acids is 1. The molecule has 152 valence electrons. The molecule has 0 heterocycles. The van der Waals surface area contributed by atoms with Gasteiger partial charge in [-0.05, 0) is 57.5 Å². The third-order valence-electron chi connectivity index (χ3n) is 3.76. The Balaban J connectivity index is 1.95. The number of ether oxygens (including phenoxy) is 2. The van der Waals surface area contributed by atoms with E-state index in [1.165, 1.54) is 11.0 Å². The molecule has 1 amide bonds. The molecule has 2 aromatic rings. The van der Waals surface area contributed by atoms with Crippen molar-refractivity contribution < 1.29 is 22.7 Å². The first kappa shape index (κ1) is 21.8. The zero-order valence-corrected chi connectivity index (χ0v) is 17.5. The van der Waals surface area contributed by atoms with Crippen molar-refractivity contribution in [2.24, 2.45) is 0 Å². The number of benzene rings is 2. The van der Waals surface area contributed by atoms with E-state index in [1.807, 2.05) is 18.2 Å². The Morgan fingerprint density at radius 2 is 1.64 bits per heavy atom. The van der Waals surface area contributed by atoms with Crippen LogP contribution in [0.2, 0.25) is 0 Å². The molecule has 0 aliphatic rings. The van der Waals surface area contributed by atoms with Crippen LogP contribution in [0.3, 0.4) is 0 Å². The van der Waals surface area contributed by atoms with Crippen LogP contribution in [0.15, 0.2) is 59.5 Å². The standard InChI is InChI=1S/C21H27NO5S/c1-21(2,3)27-20(23)22(4)14-9-15-28(24,25)19-13-8-12-18(16-19)26-17-10-6-5-7-11-17/h5-8,10-13,16H,9,14-15H2,1-4H3. The van der Waals surface area contributed by atoms with Gasteiger partial charge < -0.3 is 14.4 Å². The Hall–Kier alpha value is -2.54. The van der Waals surface area contributed by atoms with E-state index in [9.17, 15) is 13.2 Å². The van der Waals surface area contributed by atoms with Crippen LogP contribution in [0.4, 0.5) is 4.79 Å². The van der Waals surface area contributed by atoms with Gasteiger partial charge in [-0.2, -0.15) is 0 Å². The molecule has 0 aromatic heterocycles. The Labute approximate surface area is 167 Å². The Morgan fingerprint density at radius 3 is 2.29 bits per heavy atom. The highest BCUT2D eigenvalue weighted by Crippen LogP contribution is 2.24. The molecule has 28 heavy (non-hydrogen) atoms. The highest BCUT2D eigenvalue weighted by atomic mass is 32.2. The van der Waals surface area contributed by atoms with E-state index < -0.39 is 21.5 Å². The fourth-order valence-electron chi connectivity index (χ4n) is 2.40. The summed E-state index contributed by atoms with van der Waals surface area (Å²) in [6, 6.07) is 15.6. The van der Waals surface area contributed by atoms with Gasteiger partial charge in [0.2, 0.25) is 0 Å². The summed E-state index contributed by atoms with van der Waals surface area (Å²) in [6.07, 6.45) is -0.162. The molecular weight excluding hydrogens is 378 g/mol. The van der Waals surface area contributed by atoms with E-state index in [0.717, 1.165) is 0 Å². The predicted octanol–water partition coefficient (Wildman–Crippen LogP) is 4.51. The quantitative estimate of drug-likeness (QED) is 0.678. The average Bonchev–Trinajstić information content (AvgIpc) is 2.61. The SMILES string of the molecule is CN(CCCS(=O)(=O)c1cccc(Oc2ccccc2)c1)C(=O)OC(C)(C)C. The van der Waals surface area contributed by atoms with Gasteiger partial charge in [0.05, 0.1) is 10.6 Å². The van der Waals surface area contributed by atoms with Crippen LogP contribution in [0.5, 0.6) is 11.5 Å². The fraction of sp³-hybridized carbons (Fsp3) is 0.381. The highest BCUT2D eigenvalue weighted by molar-refractivity contribution is 7.91. The molecule has 0 atom stereocenters. The lowest BCUT2D eigenvalue weighted by atomic mass is 10.2. The van der Waals surface area contributed by atoms with Gasteiger partial charge in [-0.1, -0.05) is 24.3 Å². The van der Waals surface area contributed by atoms with Gasteiger partial charge in [-0.15, -0.1) is 0 Å². The number of rotatable bonds is 7. The molecule has 0 saturated heterocycles. The van der Waals surface area contributed by atoms with Gasteiger partial charge in [-0.3, -0.25) is 0 Å². The summed E-state index contributed by atoms with van der Waals surface area (Å²) in [6.45, 7) is 5.64. The number of sulfone groups is 1. The number of carbonyl (C=O) groups is 1. The molecule has 0 fully saturated rings. The molecule has 0 radical (unpaired) electrons. The van der Waals surface area contributed by atoms with Crippen molar-refractivity contribution in [3.8, 4) is 11.5 Å². The van der Waals surface area contributed by atoms with Crippen LogP contribution in [0.1, 0.15) is 27.2 Å². The normalized spacial score (nSPS) is 11.7. The van der Waals surface area contributed by atoms with Crippen molar-refractivity contribution in [2.45, 2.75) is 37.7 Å². The molecule has 0 bridgehead atoms. The highest BCUT2D eigenvalue weighted by Gasteiger charge is 2.21. The van der Waals surface area contributed by atoms with Crippen molar-refractivity contribution in [2.75, 3.05) is 19.3 Å². The summed E-state index contributed by atoms with van der Waals surface area (Å²) in [5.74, 6) is 1.02. The molecule has 2 rings (SSSR count). The molecule has 7 heteroatoms. The van der Waals surface area contributed by atoms with Crippen LogP contribution in [0, 0.1) is 0 Å². The molecule has 0 aliphatic carbocycles. The zero-order valence-electron chi connectivity index (χ0n) is 16.7. The largest absolute Gasteiger partial charge is 0.457 e. The van der Waals surface area contributed by atoms with Crippen molar-refractivity contribution in [1.29, 1.82) is 0 Å². The summed E-state index contributed by atoms with van der Waals surface area (Å²) in [4.78, 5) is 13.5. The first-order valence-electron chi connectivity index (χ1n) is 9.07. The zero-order chi connectivity index (χ0) is 20.8. The van der Waals surface area contributed by atoms with Crippen LogP contribution in [0.25, 0.3) is 0 Å². The second-order valence-electron chi connectivity index (χ2n) is 7.46. The van der Waals surface area contributed by atoms with E-state index in [-0.39, 0.29) is 17.2 Å². The topological polar surface area (TPSA) is 72.9 Å². The molecule has 0 saturated carbocycles. The lowest BCUT2D eigenvalue weighted by Crippen LogP contribution is -2.35. The van der Waals surface area contributed by atoms with E-state index >= 15 is 0 Å². The van der Waals surface area contributed by atoms with Crippen molar-refractivity contribution in [3.63, 3.8) is 0 Å². The van der Waals surface area contributed by atoms with Crippen molar-refractivity contribution >= 4 is 15.9 Å². The minimum Gasteiger partial charge on any atom is -0.457 e. The summed E-state index contributed by atoms with van der Waals surface area (Å²) in [5, 5.41) is 0. The number of hydrogen-bond donors (Lipinski definition) is 0. The first-order chi connectivity index (χ1) is 13.1. The molecule has 2 aromatic carbocycles. The van der Waals surface area contributed by atoms with Crippen LogP contribution >= 0.6 is 0 Å². The minimum absolute atomic E-state index is 0.0745. The third-order valence-corrected chi connectivity index (χ3v) is 5.55. The number of nitrogens with zero attached hydrogens (tertiary/aromatic N) is 1. The Bertz CT molecular complexity index is 889. The second-order valence-corrected chi connectivity index (χ2v) is 9.57. The maximum atomic E-state index is 12.6. The van der Waals surface area contributed by atoms with E-state index in [0.29, 0.717) is 17.9 Å². The Kier molecular flexibility index (Phi) is 7.07. The van der Waals surface area contributed by atoms with Crippen LogP contribution in [-0.4, -0.2) is 44.4 Å². The first-order valence-corrected chi connectivity index (χ1v) is 10.7.